The lowest BCUT2D eigenvalue weighted by atomic mass is 10.0. The number of rotatable bonds is 30. The van der Waals surface area contributed by atoms with Gasteiger partial charge in [0.15, 0.2) is 0 Å². The van der Waals surface area contributed by atoms with E-state index in [0.717, 1.165) is 0 Å². The van der Waals surface area contributed by atoms with Gasteiger partial charge in [0.2, 0.25) is 17.7 Å². The topological polar surface area (TPSA) is 271 Å². The lowest BCUT2D eigenvalue weighted by Gasteiger charge is -2.30. The zero-order chi connectivity index (χ0) is 38.0. The molecule has 0 heterocycles. The first-order valence-corrected chi connectivity index (χ1v) is 18.3. The number of amides is 3. The van der Waals surface area contributed by atoms with E-state index in [1.807, 2.05) is 0 Å². The van der Waals surface area contributed by atoms with Crippen LogP contribution >= 0.6 is 7.60 Å². The van der Waals surface area contributed by atoms with E-state index in [1.165, 1.54) is 17.0 Å². The van der Waals surface area contributed by atoms with Crippen LogP contribution in [0.15, 0.2) is 24.3 Å². The van der Waals surface area contributed by atoms with E-state index in [1.54, 1.807) is 32.9 Å². The smallest absolute Gasteiger partial charge is 0.381 e. The highest BCUT2D eigenvalue weighted by molar-refractivity contribution is 7.54. The summed E-state index contributed by atoms with van der Waals surface area (Å²) in [6.07, 6.45) is 1.36. The maximum absolute atomic E-state index is 13.8. The Morgan fingerprint density at radius 2 is 1.22 bits per heavy atom. The average molecular weight is 752 g/mol. The molecular formula is C31H58N7O12P. The number of carbonyl (C=O) groups excluding carboxylic acids is 3. The molecule has 1 aromatic rings. The third-order valence-electron chi connectivity index (χ3n) is 7.05. The highest BCUT2D eigenvalue weighted by atomic mass is 31.2. The molecule has 0 bridgehead atoms. The fraction of sp³-hybridized carbons (Fsp3) is 0.710. The number of carbonyl (C=O) groups is 3. The third kappa shape index (κ3) is 21.4. The van der Waals surface area contributed by atoms with Crippen LogP contribution in [0.3, 0.4) is 0 Å². The van der Waals surface area contributed by atoms with E-state index in [9.17, 15) is 23.8 Å². The Labute approximate surface area is 299 Å². The minimum absolute atomic E-state index is 0.0926. The van der Waals surface area contributed by atoms with Crippen molar-refractivity contribution in [2.75, 3.05) is 92.2 Å². The molecule has 19 nitrogen and oxygen atoms in total. The maximum Gasteiger partial charge on any atom is 0.381 e. The van der Waals surface area contributed by atoms with Gasteiger partial charge in [0, 0.05) is 26.2 Å². The Hall–Kier alpha value is -2.78. The first-order chi connectivity index (χ1) is 24.3. The first kappa shape index (κ1) is 46.2. The van der Waals surface area contributed by atoms with Crippen LogP contribution in [0.5, 0.6) is 5.75 Å². The van der Waals surface area contributed by atoms with Crippen molar-refractivity contribution in [3.63, 3.8) is 0 Å². The standard InChI is InChI=1S/C31H58N7O12P/c1-31(2,3)51(42,43)50-26-8-6-25(7-9-26)22-27(30(41)37-10-4-5-13-44-16-19-47-32)38(23-28(39)35-11-14-45-17-20-48-33)24-29(40)36-12-15-46-18-21-49-34/h6-9,27H,4-5,10-24,32-34H2,1-3H3,(H,35,39)(H,36,40)(H,37,41)(H,42,43). The molecule has 0 fully saturated rings. The minimum Gasteiger partial charge on any atom is -0.424 e. The normalized spacial score (nSPS) is 13.4. The van der Waals surface area contributed by atoms with Gasteiger partial charge in [-0.15, -0.1) is 0 Å². The van der Waals surface area contributed by atoms with E-state index in [-0.39, 0.29) is 84.6 Å². The Morgan fingerprint density at radius 1 is 0.725 bits per heavy atom. The molecule has 1 rings (SSSR count). The van der Waals surface area contributed by atoms with Crippen molar-refractivity contribution in [1.29, 1.82) is 0 Å². The number of hydrogen-bond acceptors (Lipinski definition) is 15. The summed E-state index contributed by atoms with van der Waals surface area (Å²) < 4.78 is 34.2. The van der Waals surface area contributed by atoms with Crippen molar-refractivity contribution in [2.24, 2.45) is 17.7 Å². The van der Waals surface area contributed by atoms with Crippen LogP contribution in [-0.2, 0) is 54.1 Å². The van der Waals surface area contributed by atoms with Gasteiger partial charge in [0.25, 0.3) is 0 Å². The number of unbranched alkanes of at least 4 members (excludes halogenated alkanes) is 1. The van der Waals surface area contributed by atoms with Crippen LogP contribution in [0.2, 0.25) is 0 Å². The Kier molecular flexibility index (Phi) is 24.4. The highest BCUT2D eigenvalue weighted by Crippen LogP contribution is 2.54. The van der Waals surface area contributed by atoms with E-state index in [0.29, 0.717) is 38.2 Å². The number of ether oxygens (including phenoxy) is 3. The predicted octanol–water partition coefficient (Wildman–Crippen LogP) is -0.888. The van der Waals surface area contributed by atoms with Crippen molar-refractivity contribution in [3.05, 3.63) is 29.8 Å². The Morgan fingerprint density at radius 3 is 1.69 bits per heavy atom. The van der Waals surface area contributed by atoms with Crippen LogP contribution in [0.4, 0.5) is 0 Å². The fourth-order valence-electron chi connectivity index (χ4n) is 4.15. The van der Waals surface area contributed by atoms with Gasteiger partial charge in [-0.25, -0.2) is 22.3 Å². The van der Waals surface area contributed by atoms with E-state index < -0.39 is 36.5 Å². The fourth-order valence-corrected chi connectivity index (χ4v) is 4.83. The van der Waals surface area contributed by atoms with Crippen molar-refractivity contribution < 1.29 is 57.1 Å². The Bertz CT molecular complexity index is 1130. The summed E-state index contributed by atoms with van der Waals surface area (Å²) in [6, 6.07) is 5.40. The molecule has 3 amide bonds. The largest absolute Gasteiger partial charge is 0.424 e. The van der Waals surface area contributed by atoms with Crippen molar-refractivity contribution in [2.45, 2.75) is 51.2 Å². The van der Waals surface area contributed by atoms with Crippen LogP contribution in [0.1, 0.15) is 39.2 Å². The molecule has 0 saturated carbocycles. The molecule has 2 unspecified atom stereocenters. The summed E-state index contributed by atoms with van der Waals surface area (Å²) in [7, 11) is -3.99. The summed E-state index contributed by atoms with van der Waals surface area (Å²) in [5.41, 5.74) is 0.651. The summed E-state index contributed by atoms with van der Waals surface area (Å²) >= 11 is 0. The minimum atomic E-state index is -3.99. The monoisotopic (exact) mass is 751 g/mol. The van der Waals surface area contributed by atoms with Gasteiger partial charge >= 0.3 is 7.60 Å². The van der Waals surface area contributed by atoms with Gasteiger partial charge < -0.3 is 54.1 Å². The van der Waals surface area contributed by atoms with E-state index in [4.69, 9.17) is 36.4 Å². The average Bonchev–Trinajstić information content (AvgIpc) is 3.07. The second-order valence-electron chi connectivity index (χ2n) is 12.2. The molecule has 0 radical (unpaired) electrons. The van der Waals surface area contributed by atoms with Crippen LogP contribution in [0.25, 0.3) is 0 Å². The lowest BCUT2D eigenvalue weighted by molar-refractivity contribution is -0.131. The van der Waals surface area contributed by atoms with Crippen molar-refractivity contribution in [3.8, 4) is 5.75 Å². The number of hydrogen-bond donors (Lipinski definition) is 7. The van der Waals surface area contributed by atoms with Crippen LogP contribution in [0, 0.1) is 0 Å². The predicted molar refractivity (Wildman–Crippen MR) is 187 cm³/mol. The summed E-state index contributed by atoms with van der Waals surface area (Å²) in [4.78, 5) is 65.1. The molecule has 0 aliphatic carbocycles. The molecule has 51 heavy (non-hydrogen) atoms. The Balaban J connectivity index is 3.16. The quantitative estimate of drug-likeness (QED) is 0.0285. The van der Waals surface area contributed by atoms with Gasteiger partial charge in [0.1, 0.15) is 5.75 Å². The molecule has 10 N–H and O–H groups in total. The summed E-state index contributed by atoms with van der Waals surface area (Å²) in [5, 5.41) is 7.38. The summed E-state index contributed by atoms with van der Waals surface area (Å²) in [5.74, 6) is 13.9. The highest BCUT2D eigenvalue weighted by Gasteiger charge is 2.37. The molecule has 0 spiro atoms. The number of nitrogens with zero attached hydrogens (tertiary/aromatic N) is 1. The molecule has 0 aromatic heterocycles. The molecule has 1 aromatic carbocycles. The van der Waals surface area contributed by atoms with Gasteiger partial charge in [-0.05, 0) is 57.7 Å². The van der Waals surface area contributed by atoms with Crippen molar-refractivity contribution >= 4 is 25.3 Å². The molecule has 294 valence electrons. The molecule has 20 heteroatoms. The lowest BCUT2D eigenvalue weighted by Crippen LogP contribution is -2.54. The molecule has 2 atom stereocenters. The number of nitrogens with two attached hydrogens (primary N) is 3. The van der Waals surface area contributed by atoms with E-state index in [2.05, 4.69) is 30.5 Å². The zero-order valence-electron chi connectivity index (χ0n) is 30.0. The third-order valence-corrected chi connectivity index (χ3v) is 9.21. The first-order valence-electron chi connectivity index (χ1n) is 16.7. The maximum atomic E-state index is 13.8. The SMILES string of the molecule is CC(C)(C)P(=O)(O)Oc1ccc(CC(C(=O)NCCCCOCCON)N(CC(=O)NCCOCCON)CC(=O)NCCOCCON)cc1. The van der Waals surface area contributed by atoms with Crippen LogP contribution < -0.4 is 38.2 Å². The molecule has 0 saturated heterocycles. The van der Waals surface area contributed by atoms with Gasteiger partial charge in [-0.3, -0.25) is 19.3 Å². The van der Waals surface area contributed by atoms with Crippen LogP contribution in [-0.4, -0.2) is 131 Å². The molecule has 0 aliphatic heterocycles. The van der Waals surface area contributed by atoms with Gasteiger partial charge in [-0.2, -0.15) is 0 Å². The van der Waals surface area contributed by atoms with Gasteiger partial charge in [0.05, 0.1) is 77.1 Å². The van der Waals surface area contributed by atoms with E-state index >= 15 is 0 Å². The number of nitrogens with one attached hydrogen (secondary N) is 3. The number of benzene rings is 1. The van der Waals surface area contributed by atoms with Crippen molar-refractivity contribution in [1.82, 2.24) is 20.9 Å². The second-order valence-corrected chi connectivity index (χ2v) is 14.8. The summed E-state index contributed by atoms with van der Waals surface area (Å²) in [6.45, 7) is 7.22. The molecular weight excluding hydrogens is 693 g/mol. The zero-order valence-corrected chi connectivity index (χ0v) is 30.9. The van der Waals surface area contributed by atoms with Gasteiger partial charge in [-0.1, -0.05) is 12.1 Å². The second kappa shape index (κ2) is 26.9. The molecule has 0 aliphatic rings.